The lowest BCUT2D eigenvalue weighted by molar-refractivity contribution is -0.166. The van der Waals surface area contributed by atoms with Crippen molar-refractivity contribution in [1.29, 1.82) is 0 Å². The molecule has 1 unspecified atom stereocenters. The molecular formula is C15H14F3N3O4. The van der Waals surface area contributed by atoms with Crippen LogP contribution in [0.1, 0.15) is 11.1 Å². The zero-order valence-electron chi connectivity index (χ0n) is 12.8. The Morgan fingerprint density at radius 3 is 2.36 bits per heavy atom. The highest BCUT2D eigenvalue weighted by Gasteiger charge is 2.65. The van der Waals surface area contributed by atoms with E-state index in [9.17, 15) is 22.8 Å². The maximum Gasteiger partial charge on any atom is 0.442 e. The van der Waals surface area contributed by atoms with Crippen LogP contribution < -0.4 is 5.32 Å². The Morgan fingerprint density at radius 1 is 1.32 bits per heavy atom. The molecule has 0 aromatic heterocycles. The molecule has 2 rings (SSSR count). The molecule has 1 aromatic rings. The minimum atomic E-state index is -4.63. The fraction of sp³-hybridized carbons (Fsp3) is 0.333. The summed E-state index contributed by atoms with van der Waals surface area (Å²) in [5, 5.41) is 17.5. The van der Waals surface area contributed by atoms with E-state index in [-0.39, 0.29) is 18.6 Å². The van der Waals surface area contributed by atoms with Crippen molar-refractivity contribution in [2.45, 2.75) is 24.3 Å². The van der Waals surface area contributed by atoms with Crippen molar-refractivity contribution in [2.24, 2.45) is 10.2 Å². The molecule has 1 amide bonds. The molecule has 1 aliphatic rings. The predicted octanol–water partition coefficient (Wildman–Crippen LogP) is 2.78. The third-order valence-electron chi connectivity index (χ3n) is 3.41. The van der Waals surface area contributed by atoms with Crippen LogP contribution in [0, 0.1) is 0 Å². The van der Waals surface area contributed by atoms with E-state index in [2.05, 4.69) is 26.9 Å². The molecule has 0 radical (unpaired) electrons. The SMILES string of the molecule is C=CCOC(=O)NC(Cc1ccc(C2(C(F)(F)F)N=N2)cc1)C(=O)O. The summed E-state index contributed by atoms with van der Waals surface area (Å²) in [4.78, 5) is 22.6. The fourth-order valence-corrected chi connectivity index (χ4v) is 2.07. The zero-order chi connectivity index (χ0) is 18.7. The van der Waals surface area contributed by atoms with Crippen LogP contribution in [0.5, 0.6) is 0 Å². The molecule has 1 heterocycles. The number of hydrogen-bond acceptors (Lipinski definition) is 5. The van der Waals surface area contributed by atoms with Gasteiger partial charge in [0.15, 0.2) is 0 Å². The zero-order valence-corrected chi connectivity index (χ0v) is 12.8. The standard InChI is InChI=1S/C15H14F3N3O4/c1-2-7-25-13(24)19-11(12(22)23)8-9-3-5-10(6-4-9)14(20-21-14)15(16,17)18/h2-6,11H,1,7-8H2,(H,19,24)(H,22,23). The summed E-state index contributed by atoms with van der Waals surface area (Å²) in [6.45, 7) is 3.26. The molecule has 7 nitrogen and oxygen atoms in total. The number of amides is 1. The van der Waals surface area contributed by atoms with E-state index in [4.69, 9.17) is 5.11 Å². The average molecular weight is 357 g/mol. The van der Waals surface area contributed by atoms with Gasteiger partial charge < -0.3 is 15.2 Å². The lowest BCUT2D eigenvalue weighted by Crippen LogP contribution is -2.42. The summed E-state index contributed by atoms with van der Waals surface area (Å²) in [7, 11) is 0. The predicted molar refractivity (Wildman–Crippen MR) is 78.8 cm³/mol. The largest absolute Gasteiger partial charge is 0.480 e. The number of alkyl halides is 3. The van der Waals surface area contributed by atoms with Crippen molar-refractivity contribution in [1.82, 2.24) is 5.32 Å². The summed E-state index contributed by atoms with van der Waals surface area (Å²) in [5.74, 6) is -1.31. The van der Waals surface area contributed by atoms with Crippen LogP contribution in [0.15, 0.2) is 47.1 Å². The molecule has 2 N–H and O–H groups in total. The highest BCUT2D eigenvalue weighted by Crippen LogP contribution is 2.52. The second kappa shape index (κ2) is 6.91. The number of nitrogens with zero attached hydrogens (tertiary/aromatic N) is 2. The van der Waals surface area contributed by atoms with Crippen LogP contribution in [-0.4, -0.2) is 36.0 Å². The van der Waals surface area contributed by atoms with Gasteiger partial charge in [0.2, 0.25) is 0 Å². The van der Waals surface area contributed by atoms with Gasteiger partial charge in [-0.1, -0.05) is 36.9 Å². The molecule has 1 atom stereocenters. The number of alkyl carbamates (subject to hydrolysis) is 1. The van der Waals surface area contributed by atoms with Gasteiger partial charge in [0.05, 0.1) is 0 Å². The molecular weight excluding hydrogens is 343 g/mol. The Hall–Kier alpha value is -2.91. The molecule has 10 heteroatoms. The number of ether oxygens (including phenoxy) is 1. The first-order valence-corrected chi connectivity index (χ1v) is 7.07. The van der Waals surface area contributed by atoms with E-state index < -0.39 is 29.9 Å². The smallest absolute Gasteiger partial charge is 0.442 e. The highest BCUT2D eigenvalue weighted by atomic mass is 19.4. The normalized spacial score (nSPS) is 16.0. The fourth-order valence-electron chi connectivity index (χ4n) is 2.07. The van der Waals surface area contributed by atoms with E-state index in [0.29, 0.717) is 5.56 Å². The van der Waals surface area contributed by atoms with Gasteiger partial charge >= 0.3 is 23.9 Å². The highest BCUT2D eigenvalue weighted by molar-refractivity contribution is 5.80. The van der Waals surface area contributed by atoms with Gasteiger partial charge in [-0.05, 0) is 5.56 Å². The lowest BCUT2D eigenvalue weighted by Gasteiger charge is -2.16. The number of hydrogen-bond donors (Lipinski definition) is 2. The van der Waals surface area contributed by atoms with Crippen molar-refractivity contribution < 1.29 is 32.6 Å². The Kier molecular flexibility index (Phi) is 5.10. The Balaban J connectivity index is 2.04. The first-order valence-electron chi connectivity index (χ1n) is 7.07. The van der Waals surface area contributed by atoms with Gasteiger partial charge in [-0.25, -0.2) is 9.59 Å². The van der Waals surface area contributed by atoms with Gasteiger partial charge in [0.1, 0.15) is 12.6 Å². The van der Waals surface area contributed by atoms with E-state index in [1.165, 1.54) is 30.3 Å². The summed E-state index contributed by atoms with van der Waals surface area (Å²) < 4.78 is 43.4. The second-order valence-electron chi connectivity index (χ2n) is 5.19. The van der Waals surface area contributed by atoms with Crippen LogP contribution in [0.3, 0.4) is 0 Å². The van der Waals surface area contributed by atoms with Crippen LogP contribution in [0.4, 0.5) is 18.0 Å². The molecule has 0 bridgehead atoms. The number of benzene rings is 1. The summed E-state index contributed by atoms with van der Waals surface area (Å²) in [6.07, 6.45) is -4.38. The summed E-state index contributed by atoms with van der Waals surface area (Å²) >= 11 is 0. The van der Waals surface area contributed by atoms with Gasteiger partial charge in [-0.3, -0.25) is 0 Å². The van der Waals surface area contributed by atoms with Gasteiger partial charge in [-0.2, -0.15) is 13.2 Å². The number of carbonyl (C=O) groups is 2. The number of carbonyl (C=O) groups excluding carboxylic acids is 1. The van der Waals surface area contributed by atoms with Crippen molar-refractivity contribution in [2.75, 3.05) is 6.61 Å². The van der Waals surface area contributed by atoms with Crippen molar-refractivity contribution in [3.8, 4) is 0 Å². The molecule has 1 aromatic carbocycles. The van der Waals surface area contributed by atoms with Crippen molar-refractivity contribution >= 4 is 12.1 Å². The van der Waals surface area contributed by atoms with Crippen molar-refractivity contribution in [3.63, 3.8) is 0 Å². The first kappa shape index (κ1) is 18.4. The minimum absolute atomic E-state index is 0.0839. The van der Waals surface area contributed by atoms with Crippen molar-refractivity contribution in [3.05, 3.63) is 48.0 Å². The van der Waals surface area contributed by atoms with Gasteiger partial charge in [0, 0.05) is 12.0 Å². The minimum Gasteiger partial charge on any atom is -0.480 e. The number of carboxylic acids is 1. The first-order chi connectivity index (χ1) is 11.7. The maximum atomic E-state index is 12.9. The Labute approximate surface area is 140 Å². The lowest BCUT2D eigenvalue weighted by atomic mass is 9.99. The average Bonchev–Trinajstić information content (AvgIpc) is 3.34. The van der Waals surface area contributed by atoms with Gasteiger partial charge in [0.25, 0.3) is 0 Å². The number of rotatable bonds is 7. The third-order valence-corrected chi connectivity index (χ3v) is 3.41. The third kappa shape index (κ3) is 4.14. The molecule has 0 saturated heterocycles. The molecule has 0 spiro atoms. The Morgan fingerprint density at radius 2 is 1.92 bits per heavy atom. The topological polar surface area (TPSA) is 100 Å². The number of halogens is 3. The quantitative estimate of drug-likeness (QED) is 0.733. The van der Waals surface area contributed by atoms with E-state index in [1.54, 1.807) is 0 Å². The number of nitrogens with one attached hydrogen (secondary N) is 1. The molecule has 134 valence electrons. The maximum absolute atomic E-state index is 12.9. The number of aliphatic carboxylic acids is 1. The van der Waals surface area contributed by atoms with E-state index >= 15 is 0 Å². The van der Waals surface area contributed by atoms with Crippen LogP contribution in [0.2, 0.25) is 0 Å². The molecule has 1 aliphatic heterocycles. The summed E-state index contributed by atoms with van der Waals surface area (Å²) in [5.41, 5.74) is -2.27. The molecule has 0 saturated carbocycles. The van der Waals surface area contributed by atoms with E-state index in [1.807, 2.05) is 0 Å². The van der Waals surface area contributed by atoms with Crippen LogP contribution >= 0.6 is 0 Å². The molecule has 25 heavy (non-hydrogen) atoms. The van der Waals surface area contributed by atoms with Crippen LogP contribution in [0.25, 0.3) is 0 Å². The second-order valence-corrected chi connectivity index (χ2v) is 5.19. The van der Waals surface area contributed by atoms with E-state index in [0.717, 1.165) is 0 Å². The van der Waals surface area contributed by atoms with Gasteiger partial charge in [-0.15, -0.1) is 10.2 Å². The molecule has 0 aliphatic carbocycles. The summed E-state index contributed by atoms with van der Waals surface area (Å²) in [6, 6.07) is 3.72. The number of carboxylic acid groups (broad SMARTS) is 1. The molecule has 0 fully saturated rings. The monoisotopic (exact) mass is 357 g/mol. The Bertz CT molecular complexity index is 695. The van der Waals surface area contributed by atoms with Crippen LogP contribution in [-0.2, 0) is 21.6 Å².